The molecule has 0 aliphatic carbocycles. The number of rotatable bonds is 3. The van der Waals surface area contributed by atoms with Crippen molar-refractivity contribution in [2.75, 3.05) is 19.6 Å². The molecule has 3 nitrogen and oxygen atoms in total. The smallest absolute Gasteiger partial charge is 0.416 e. The van der Waals surface area contributed by atoms with Crippen LogP contribution in [0.3, 0.4) is 0 Å². The number of hydrogen-bond donors (Lipinski definition) is 1. The van der Waals surface area contributed by atoms with E-state index in [0.29, 0.717) is 18.9 Å². The molecule has 0 aromatic heterocycles. The van der Waals surface area contributed by atoms with Gasteiger partial charge >= 0.3 is 6.18 Å². The zero-order chi connectivity index (χ0) is 14.9. The number of halogens is 3. The van der Waals surface area contributed by atoms with Gasteiger partial charge in [-0.2, -0.15) is 13.2 Å². The Morgan fingerprint density at radius 1 is 1.24 bits per heavy atom. The van der Waals surface area contributed by atoms with Crippen LogP contribution in [0.5, 0.6) is 0 Å². The highest BCUT2D eigenvalue weighted by atomic mass is 19.4. The lowest BCUT2D eigenvalue weighted by Crippen LogP contribution is -2.22. The van der Waals surface area contributed by atoms with Crippen molar-refractivity contribution >= 4 is 5.90 Å². The topological polar surface area (TPSA) is 33.6 Å². The summed E-state index contributed by atoms with van der Waals surface area (Å²) in [5, 5.41) is 3.27. The Bertz CT molecular complexity index is 519. The molecule has 2 heterocycles. The molecule has 114 valence electrons. The van der Waals surface area contributed by atoms with E-state index in [9.17, 15) is 13.2 Å². The number of benzene rings is 1. The molecule has 0 radical (unpaired) electrons. The van der Waals surface area contributed by atoms with Gasteiger partial charge in [-0.15, -0.1) is 0 Å². The van der Waals surface area contributed by atoms with Crippen molar-refractivity contribution in [1.29, 1.82) is 0 Å². The summed E-state index contributed by atoms with van der Waals surface area (Å²) in [5.41, 5.74) is 0.224. The van der Waals surface area contributed by atoms with E-state index in [2.05, 4.69) is 10.3 Å². The van der Waals surface area contributed by atoms with Gasteiger partial charge in [-0.25, -0.2) is 0 Å². The number of aliphatic imine (C=N–C) groups is 1. The van der Waals surface area contributed by atoms with Gasteiger partial charge in [0.25, 0.3) is 0 Å². The van der Waals surface area contributed by atoms with Crippen molar-refractivity contribution in [2.45, 2.75) is 25.1 Å². The van der Waals surface area contributed by atoms with Crippen molar-refractivity contribution in [3.05, 3.63) is 35.4 Å². The van der Waals surface area contributed by atoms with Crippen molar-refractivity contribution in [3.63, 3.8) is 0 Å². The minimum absolute atomic E-state index is 0.0580. The Kier molecular flexibility index (Phi) is 3.89. The van der Waals surface area contributed by atoms with Crippen LogP contribution in [0, 0.1) is 5.92 Å². The lowest BCUT2D eigenvalue weighted by Gasteiger charge is -2.14. The van der Waals surface area contributed by atoms with E-state index < -0.39 is 11.7 Å². The molecule has 0 bridgehead atoms. The van der Waals surface area contributed by atoms with Crippen LogP contribution in [0.4, 0.5) is 13.2 Å². The van der Waals surface area contributed by atoms with Gasteiger partial charge in [0.1, 0.15) is 6.10 Å². The third-order valence-corrected chi connectivity index (χ3v) is 3.89. The van der Waals surface area contributed by atoms with Crippen LogP contribution in [-0.2, 0) is 17.3 Å². The quantitative estimate of drug-likeness (QED) is 0.931. The molecule has 3 rings (SSSR count). The molecule has 1 aromatic rings. The lowest BCUT2D eigenvalue weighted by atomic mass is 10.1. The maximum Gasteiger partial charge on any atom is 0.416 e. The third-order valence-electron chi connectivity index (χ3n) is 3.89. The lowest BCUT2D eigenvalue weighted by molar-refractivity contribution is -0.137. The molecular formula is C15H17F3N2O. The first-order valence-corrected chi connectivity index (χ1v) is 7.10. The van der Waals surface area contributed by atoms with Gasteiger partial charge in [0.05, 0.1) is 12.1 Å². The van der Waals surface area contributed by atoms with Crippen LogP contribution in [0.1, 0.15) is 17.5 Å². The second-order valence-electron chi connectivity index (χ2n) is 5.51. The van der Waals surface area contributed by atoms with Crippen LogP contribution in [0.25, 0.3) is 0 Å². The highest BCUT2D eigenvalue weighted by Gasteiger charge is 2.31. The second-order valence-corrected chi connectivity index (χ2v) is 5.51. The monoisotopic (exact) mass is 298 g/mol. The molecule has 1 fully saturated rings. The molecule has 1 N–H and O–H groups in total. The second kappa shape index (κ2) is 5.67. The summed E-state index contributed by atoms with van der Waals surface area (Å²) < 4.78 is 43.3. The van der Waals surface area contributed by atoms with Gasteiger partial charge in [0.2, 0.25) is 0 Å². The van der Waals surface area contributed by atoms with E-state index in [1.165, 1.54) is 12.1 Å². The Morgan fingerprint density at radius 2 is 2.00 bits per heavy atom. The predicted octanol–water partition coefficient (Wildman–Crippen LogP) is 2.65. The number of nitrogens with zero attached hydrogens (tertiary/aromatic N) is 1. The van der Waals surface area contributed by atoms with Gasteiger partial charge in [-0.1, -0.05) is 12.1 Å². The van der Waals surface area contributed by atoms with Gasteiger partial charge in [-0.3, -0.25) is 4.99 Å². The van der Waals surface area contributed by atoms with Crippen molar-refractivity contribution in [2.24, 2.45) is 10.9 Å². The molecule has 2 unspecified atom stereocenters. The Labute approximate surface area is 121 Å². The largest absolute Gasteiger partial charge is 0.475 e. The molecule has 2 aliphatic heterocycles. The molecule has 0 saturated carbocycles. The Hall–Kier alpha value is -1.56. The third kappa shape index (κ3) is 3.37. The van der Waals surface area contributed by atoms with Crippen LogP contribution in [0.15, 0.2) is 29.3 Å². The fraction of sp³-hybridized carbons (Fsp3) is 0.533. The highest BCUT2D eigenvalue weighted by molar-refractivity contribution is 5.80. The molecule has 2 aliphatic rings. The molecule has 0 amide bonds. The van der Waals surface area contributed by atoms with Crippen molar-refractivity contribution in [1.82, 2.24) is 5.32 Å². The maximum atomic E-state index is 12.5. The standard InChI is InChI=1S/C15H17F3N2O/c16-15(17,18)12-3-1-10(2-4-12)7-13-9-20-14(21-13)11-5-6-19-8-11/h1-4,11,13,19H,5-9H2. The van der Waals surface area contributed by atoms with Crippen LogP contribution in [0.2, 0.25) is 0 Å². The highest BCUT2D eigenvalue weighted by Crippen LogP contribution is 2.29. The van der Waals surface area contributed by atoms with E-state index in [0.717, 1.165) is 43.1 Å². The number of alkyl halides is 3. The van der Waals surface area contributed by atoms with Crippen LogP contribution in [-0.4, -0.2) is 31.6 Å². The average molecular weight is 298 g/mol. The zero-order valence-electron chi connectivity index (χ0n) is 11.5. The van der Waals surface area contributed by atoms with Crippen LogP contribution < -0.4 is 5.32 Å². The summed E-state index contributed by atoms with van der Waals surface area (Å²) in [6, 6.07) is 5.27. The minimum atomic E-state index is -4.28. The molecule has 6 heteroatoms. The molecular weight excluding hydrogens is 281 g/mol. The first-order valence-electron chi connectivity index (χ1n) is 7.10. The first kappa shape index (κ1) is 14.4. The molecule has 1 saturated heterocycles. The fourth-order valence-corrected chi connectivity index (χ4v) is 2.73. The summed E-state index contributed by atoms with van der Waals surface area (Å²) in [7, 11) is 0. The SMILES string of the molecule is FC(F)(F)c1ccc(CC2CN=C(C3CCNC3)O2)cc1. The number of nitrogens with one attached hydrogen (secondary N) is 1. The summed E-state index contributed by atoms with van der Waals surface area (Å²) in [4.78, 5) is 4.43. The molecule has 21 heavy (non-hydrogen) atoms. The average Bonchev–Trinajstić information content (AvgIpc) is 3.08. The molecule has 1 aromatic carbocycles. The Balaban J connectivity index is 1.56. The van der Waals surface area contributed by atoms with Crippen molar-refractivity contribution in [3.8, 4) is 0 Å². The van der Waals surface area contributed by atoms with E-state index >= 15 is 0 Å². The zero-order valence-corrected chi connectivity index (χ0v) is 11.5. The summed E-state index contributed by atoms with van der Waals surface area (Å²) in [6.45, 7) is 2.47. The predicted molar refractivity (Wildman–Crippen MR) is 73.3 cm³/mol. The number of ether oxygens (including phenoxy) is 1. The van der Waals surface area contributed by atoms with Crippen molar-refractivity contribution < 1.29 is 17.9 Å². The van der Waals surface area contributed by atoms with Gasteiger partial charge < -0.3 is 10.1 Å². The van der Waals surface area contributed by atoms with Gasteiger partial charge in [0, 0.05) is 18.9 Å². The summed E-state index contributed by atoms with van der Waals surface area (Å²) >= 11 is 0. The van der Waals surface area contributed by atoms with E-state index in [4.69, 9.17) is 4.74 Å². The van der Waals surface area contributed by atoms with Gasteiger partial charge in [-0.05, 0) is 30.7 Å². The Morgan fingerprint density at radius 3 is 2.62 bits per heavy atom. The van der Waals surface area contributed by atoms with E-state index in [1.54, 1.807) is 0 Å². The molecule has 0 spiro atoms. The normalized spacial score (nSPS) is 25.8. The fourth-order valence-electron chi connectivity index (χ4n) is 2.73. The summed E-state index contributed by atoms with van der Waals surface area (Å²) in [6.07, 6.45) is -2.72. The molecule has 2 atom stereocenters. The van der Waals surface area contributed by atoms with Gasteiger partial charge in [0.15, 0.2) is 5.90 Å². The van der Waals surface area contributed by atoms with E-state index in [1.807, 2.05) is 0 Å². The van der Waals surface area contributed by atoms with E-state index in [-0.39, 0.29) is 6.10 Å². The van der Waals surface area contributed by atoms with Crippen LogP contribution >= 0.6 is 0 Å². The number of hydrogen-bond acceptors (Lipinski definition) is 3. The maximum absolute atomic E-state index is 12.5. The minimum Gasteiger partial charge on any atom is -0.475 e. The first-order chi connectivity index (χ1) is 10.0. The summed E-state index contributed by atoms with van der Waals surface area (Å²) in [5.74, 6) is 1.15.